The molecule has 1 saturated heterocycles. The van der Waals surface area contributed by atoms with Gasteiger partial charge in [0.1, 0.15) is 0 Å². The number of hydrogen-bond acceptors (Lipinski definition) is 5. The van der Waals surface area contributed by atoms with E-state index in [-0.39, 0.29) is 0 Å². The average Bonchev–Trinajstić information content (AvgIpc) is 3.38. The van der Waals surface area contributed by atoms with Crippen LogP contribution in [-0.2, 0) is 0 Å². The van der Waals surface area contributed by atoms with Crippen LogP contribution in [0.3, 0.4) is 0 Å². The molecule has 0 saturated carbocycles. The summed E-state index contributed by atoms with van der Waals surface area (Å²) in [5.41, 5.74) is 11.5. The fraction of sp³-hybridized carbons (Fsp3) is 0.238. The standard InChI is InChI=1S/C21H21N5S/c22-20-21-25-17(15-7-4-8-23-10-15)12-26(21)18(11-24-20)19-9-16(13-27-19)14-5-2-1-3-6-14/h1-3,5-6,9,11-13,15,23H,4,7-8,10H2,(H2,22,24)/t15-/m0/s1. The van der Waals surface area contributed by atoms with E-state index in [1.54, 1.807) is 11.3 Å². The van der Waals surface area contributed by atoms with Crippen LogP contribution in [-0.4, -0.2) is 27.5 Å². The number of hydrogen-bond donors (Lipinski definition) is 2. The molecule has 1 fully saturated rings. The minimum atomic E-state index is 0.439. The molecule has 5 nitrogen and oxygen atoms in total. The Hall–Kier alpha value is -2.70. The fourth-order valence-electron chi connectivity index (χ4n) is 3.75. The van der Waals surface area contributed by atoms with Crippen LogP contribution in [0.1, 0.15) is 24.5 Å². The molecule has 3 aromatic heterocycles. The Morgan fingerprint density at radius 3 is 2.89 bits per heavy atom. The molecule has 0 unspecified atom stereocenters. The number of benzene rings is 1. The number of nitrogens with zero attached hydrogens (tertiary/aromatic N) is 3. The largest absolute Gasteiger partial charge is 0.381 e. The van der Waals surface area contributed by atoms with Crippen LogP contribution >= 0.6 is 11.3 Å². The van der Waals surface area contributed by atoms with Crippen molar-refractivity contribution in [3.05, 3.63) is 59.9 Å². The summed E-state index contributed by atoms with van der Waals surface area (Å²) in [5.74, 6) is 0.919. The van der Waals surface area contributed by atoms with Crippen molar-refractivity contribution in [2.45, 2.75) is 18.8 Å². The molecule has 5 rings (SSSR count). The first-order valence-corrected chi connectivity index (χ1v) is 10.2. The second kappa shape index (κ2) is 6.79. The molecule has 0 bridgehead atoms. The Kier molecular flexibility index (Phi) is 4.14. The topological polar surface area (TPSA) is 68.2 Å². The SMILES string of the molecule is Nc1ncc(-c2cc(-c3ccccc3)cs2)n2cc([C@H]3CCCNC3)nc12. The highest BCUT2D eigenvalue weighted by atomic mass is 32.1. The normalized spacial score (nSPS) is 17.4. The molecule has 0 radical (unpaired) electrons. The van der Waals surface area contributed by atoms with Gasteiger partial charge in [0.2, 0.25) is 0 Å². The molecule has 136 valence electrons. The molecule has 3 N–H and O–H groups in total. The molecule has 0 aliphatic carbocycles. The molecular formula is C21H21N5S. The third-order valence-corrected chi connectivity index (χ3v) is 6.17. The number of nitrogens with one attached hydrogen (secondary N) is 1. The highest BCUT2D eigenvalue weighted by Gasteiger charge is 2.20. The first-order chi connectivity index (χ1) is 13.3. The Morgan fingerprint density at radius 1 is 1.19 bits per heavy atom. The van der Waals surface area contributed by atoms with Crippen LogP contribution in [0.5, 0.6) is 0 Å². The third kappa shape index (κ3) is 3.01. The summed E-state index contributed by atoms with van der Waals surface area (Å²) >= 11 is 1.72. The highest BCUT2D eigenvalue weighted by molar-refractivity contribution is 7.14. The molecule has 27 heavy (non-hydrogen) atoms. The van der Waals surface area contributed by atoms with E-state index in [1.165, 1.54) is 17.5 Å². The van der Waals surface area contributed by atoms with Gasteiger partial charge in [0.25, 0.3) is 0 Å². The molecule has 1 atom stereocenters. The van der Waals surface area contributed by atoms with Crippen LogP contribution in [0, 0.1) is 0 Å². The van der Waals surface area contributed by atoms with Gasteiger partial charge in [-0.15, -0.1) is 11.3 Å². The first kappa shape index (κ1) is 16.5. The second-order valence-electron chi connectivity index (χ2n) is 7.00. The zero-order valence-corrected chi connectivity index (χ0v) is 15.7. The maximum Gasteiger partial charge on any atom is 0.180 e. The predicted octanol–water partition coefficient (Wildman–Crippen LogP) is 4.17. The van der Waals surface area contributed by atoms with Crippen LogP contribution in [0.25, 0.3) is 27.3 Å². The van der Waals surface area contributed by atoms with E-state index >= 15 is 0 Å². The monoisotopic (exact) mass is 375 g/mol. The number of fused-ring (bicyclic) bond motifs is 1. The number of imidazole rings is 1. The number of piperidine rings is 1. The number of aromatic nitrogens is 3. The Morgan fingerprint density at radius 2 is 2.07 bits per heavy atom. The Labute approximate surface area is 161 Å². The molecule has 6 heteroatoms. The van der Waals surface area contributed by atoms with Crippen LogP contribution < -0.4 is 11.1 Å². The summed E-state index contributed by atoms with van der Waals surface area (Å²) in [5, 5.41) is 5.66. The number of anilines is 1. The lowest BCUT2D eigenvalue weighted by Crippen LogP contribution is -2.28. The molecule has 0 spiro atoms. The summed E-state index contributed by atoms with van der Waals surface area (Å²) in [7, 11) is 0. The van der Waals surface area contributed by atoms with Crippen molar-refractivity contribution in [1.29, 1.82) is 0 Å². The lowest BCUT2D eigenvalue weighted by Gasteiger charge is -2.20. The van der Waals surface area contributed by atoms with Gasteiger partial charge in [-0.3, -0.25) is 4.40 Å². The minimum Gasteiger partial charge on any atom is -0.381 e. The smallest absolute Gasteiger partial charge is 0.180 e. The molecule has 1 aliphatic rings. The Bertz CT molecular complexity index is 1080. The van der Waals surface area contributed by atoms with E-state index in [9.17, 15) is 0 Å². The van der Waals surface area contributed by atoms with E-state index in [4.69, 9.17) is 10.7 Å². The van der Waals surface area contributed by atoms with Gasteiger partial charge >= 0.3 is 0 Å². The molecular weight excluding hydrogens is 354 g/mol. The molecule has 1 aliphatic heterocycles. The van der Waals surface area contributed by atoms with Gasteiger partial charge in [0, 0.05) is 18.7 Å². The van der Waals surface area contributed by atoms with Gasteiger partial charge in [-0.05, 0) is 42.0 Å². The van der Waals surface area contributed by atoms with Crippen molar-refractivity contribution < 1.29 is 0 Å². The zero-order valence-electron chi connectivity index (χ0n) is 14.9. The van der Waals surface area contributed by atoms with Gasteiger partial charge in [-0.1, -0.05) is 30.3 Å². The van der Waals surface area contributed by atoms with E-state index in [1.807, 2.05) is 12.3 Å². The van der Waals surface area contributed by atoms with Gasteiger partial charge in [-0.2, -0.15) is 0 Å². The van der Waals surface area contributed by atoms with E-state index in [0.29, 0.717) is 11.7 Å². The van der Waals surface area contributed by atoms with Crippen molar-refractivity contribution in [2.24, 2.45) is 0 Å². The molecule has 4 heterocycles. The average molecular weight is 376 g/mol. The first-order valence-electron chi connectivity index (χ1n) is 9.28. The van der Waals surface area contributed by atoms with E-state index in [2.05, 4.69) is 56.6 Å². The van der Waals surface area contributed by atoms with E-state index in [0.717, 1.165) is 41.4 Å². The number of rotatable bonds is 3. The predicted molar refractivity (Wildman–Crippen MR) is 111 cm³/mol. The number of nitrogen functional groups attached to an aromatic ring is 1. The summed E-state index contributed by atoms with van der Waals surface area (Å²) in [6.07, 6.45) is 6.34. The van der Waals surface area contributed by atoms with Gasteiger partial charge in [0.15, 0.2) is 11.5 Å². The van der Waals surface area contributed by atoms with Crippen molar-refractivity contribution in [1.82, 2.24) is 19.7 Å². The van der Waals surface area contributed by atoms with Crippen molar-refractivity contribution in [3.8, 4) is 21.7 Å². The minimum absolute atomic E-state index is 0.439. The number of nitrogens with two attached hydrogens (primary N) is 1. The summed E-state index contributed by atoms with van der Waals surface area (Å²) < 4.78 is 2.10. The maximum atomic E-state index is 6.14. The zero-order chi connectivity index (χ0) is 18.2. The molecule has 1 aromatic carbocycles. The van der Waals surface area contributed by atoms with Crippen molar-refractivity contribution in [3.63, 3.8) is 0 Å². The van der Waals surface area contributed by atoms with E-state index < -0.39 is 0 Å². The van der Waals surface area contributed by atoms with Crippen molar-refractivity contribution in [2.75, 3.05) is 18.8 Å². The lowest BCUT2D eigenvalue weighted by molar-refractivity contribution is 0.456. The summed E-state index contributed by atoms with van der Waals surface area (Å²) in [6.45, 7) is 2.07. The second-order valence-corrected chi connectivity index (χ2v) is 7.91. The summed E-state index contributed by atoms with van der Waals surface area (Å²) in [6, 6.07) is 12.7. The van der Waals surface area contributed by atoms with Crippen LogP contribution in [0.2, 0.25) is 0 Å². The van der Waals surface area contributed by atoms with Gasteiger partial charge in [-0.25, -0.2) is 9.97 Å². The van der Waals surface area contributed by atoms with Crippen molar-refractivity contribution >= 4 is 22.8 Å². The lowest BCUT2D eigenvalue weighted by atomic mass is 9.97. The van der Waals surface area contributed by atoms with Gasteiger partial charge < -0.3 is 11.1 Å². The highest BCUT2D eigenvalue weighted by Crippen LogP contribution is 2.34. The van der Waals surface area contributed by atoms with Gasteiger partial charge in [0.05, 0.1) is 22.5 Å². The molecule has 0 amide bonds. The molecule has 4 aromatic rings. The quantitative estimate of drug-likeness (QED) is 0.564. The fourth-order valence-corrected chi connectivity index (χ4v) is 4.67. The summed E-state index contributed by atoms with van der Waals surface area (Å²) in [4.78, 5) is 10.4. The van der Waals surface area contributed by atoms with Crippen LogP contribution in [0.15, 0.2) is 54.2 Å². The Balaban J connectivity index is 1.58. The maximum absolute atomic E-state index is 6.14. The third-order valence-electron chi connectivity index (χ3n) is 5.21. The van der Waals surface area contributed by atoms with Crippen LogP contribution in [0.4, 0.5) is 5.82 Å². The number of thiophene rings is 1.